The molecule has 0 saturated heterocycles. The third-order valence-corrected chi connectivity index (χ3v) is 4.43. The van der Waals surface area contributed by atoms with E-state index in [4.69, 9.17) is 0 Å². The average Bonchev–Trinajstić information content (AvgIpc) is 3.13. The molecule has 2 aromatic heterocycles. The molecule has 0 aliphatic carbocycles. The van der Waals surface area contributed by atoms with Gasteiger partial charge in [0.1, 0.15) is 11.4 Å². The second kappa shape index (κ2) is 7.02. The first-order valence-corrected chi connectivity index (χ1v) is 8.21. The normalized spacial score (nSPS) is 10.9. The van der Waals surface area contributed by atoms with Crippen LogP contribution in [0.4, 0.5) is 13.9 Å². The van der Waals surface area contributed by atoms with E-state index in [-0.39, 0.29) is 11.7 Å². The van der Waals surface area contributed by atoms with E-state index in [1.165, 1.54) is 23.5 Å². The Hall–Kier alpha value is -2.74. The summed E-state index contributed by atoms with van der Waals surface area (Å²) < 4.78 is 30.5. The van der Waals surface area contributed by atoms with Gasteiger partial charge >= 0.3 is 6.61 Å². The van der Waals surface area contributed by atoms with Crippen LogP contribution in [0.5, 0.6) is 5.75 Å². The van der Waals surface area contributed by atoms with Crippen LogP contribution < -0.4 is 10.1 Å². The topological polar surface area (TPSA) is 56.2 Å². The molecule has 0 spiro atoms. The van der Waals surface area contributed by atoms with Crippen LogP contribution in [-0.2, 0) is 7.05 Å². The summed E-state index contributed by atoms with van der Waals surface area (Å²) in [6, 6.07) is 9.74. The zero-order valence-electron chi connectivity index (χ0n) is 13.5. The van der Waals surface area contributed by atoms with E-state index in [0.717, 1.165) is 10.4 Å². The largest absolute Gasteiger partial charge is 0.435 e. The number of anilines is 1. The van der Waals surface area contributed by atoms with Gasteiger partial charge in [-0.3, -0.25) is 10.1 Å². The molecule has 25 heavy (non-hydrogen) atoms. The number of carbonyl (C=O) groups is 1. The Labute approximate surface area is 146 Å². The van der Waals surface area contributed by atoms with Crippen LogP contribution in [0.2, 0.25) is 0 Å². The molecule has 5 nitrogen and oxygen atoms in total. The highest BCUT2D eigenvalue weighted by Gasteiger charge is 2.15. The number of carbonyl (C=O) groups excluding carboxylic acids is 1. The van der Waals surface area contributed by atoms with Crippen LogP contribution in [0.1, 0.15) is 15.4 Å². The van der Waals surface area contributed by atoms with E-state index in [0.29, 0.717) is 16.5 Å². The number of nitrogens with zero attached hydrogens (tertiary/aromatic N) is 2. The molecule has 0 radical (unpaired) electrons. The van der Waals surface area contributed by atoms with Crippen molar-refractivity contribution >= 4 is 22.4 Å². The van der Waals surface area contributed by atoms with Crippen molar-refractivity contribution in [2.24, 2.45) is 7.05 Å². The van der Waals surface area contributed by atoms with Gasteiger partial charge in [-0.05, 0) is 43.3 Å². The predicted octanol–water partition coefficient (Wildman–Crippen LogP) is 4.31. The summed E-state index contributed by atoms with van der Waals surface area (Å²) in [4.78, 5) is 17.6. The summed E-state index contributed by atoms with van der Waals surface area (Å²) in [6.45, 7) is -0.972. The minimum Gasteiger partial charge on any atom is -0.435 e. The number of ether oxygens (including phenoxy) is 1. The molecule has 3 aromatic rings. The van der Waals surface area contributed by atoms with Gasteiger partial charge in [0.2, 0.25) is 0 Å². The Balaban J connectivity index is 1.78. The van der Waals surface area contributed by atoms with E-state index in [2.05, 4.69) is 15.0 Å². The molecule has 0 fully saturated rings. The summed E-state index contributed by atoms with van der Waals surface area (Å²) in [5.74, 6) is -0.155. The van der Waals surface area contributed by atoms with Gasteiger partial charge in [-0.25, -0.2) is 4.98 Å². The Morgan fingerprint density at radius 3 is 2.60 bits per heavy atom. The van der Waals surface area contributed by atoms with Crippen LogP contribution in [0.15, 0.2) is 42.6 Å². The number of thiazole rings is 1. The van der Waals surface area contributed by atoms with E-state index in [1.54, 1.807) is 42.1 Å². The Kier molecular flexibility index (Phi) is 4.80. The van der Waals surface area contributed by atoms with Crippen LogP contribution in [0.3, 0.4) is 0 Å². The summed E-state index contributed by atoms with van der Waals surface area (Å²) in [6.07, 6.45) is 1.79. The van der Waals surface area contributed by atoms with Crippen molar-refractivity contribution in [2.45, 2.75) is 13.5 Å². The molecule has 0 bridgehead atoms. The Bertz CT molecular complexity index is 888. The van der Waals surface area contributed by atoms with Crippen molar-refractivity contribution in [1.29, 1.82) is 0 Å². The van der Waals surface area contributed by atoms with Gasteiger partial charge in [-0.15, -0.1) is 11.3 Å². The first kappa shape index (κ1) is 17.1. The van der Waals surface area contributed by atoms with E-state index in [9.17, 15) is 13.6 Å². The highest BCUT2D eigenvalue weighted by molar-refractivity contribution is 7.16. The zero-order chi connectivity index (χ0) is 18.0. The molecular formula is C17H15F2N3O2S. The first-order valence-electron chi connectivity index (χ1n) is 7.39. The minimum absolute atomic E-state index is 0.0869. The molecule has 0 aliphatic heterocycles. The number of hydrogen-bond donors (Lipinski definition) is 1. The number of aryl methyl sites for hydroxylation is 2. The third kappa shape index (κ3) is 3.85. The van der Waals surface area contributed by atoms with Crippen LogP contribution in [0.25, 0.3) is 11.3 Å². The number of amides is 1. The summed E-state index contributed by atoms with van der Waals surface area (Å²) >= 11 is 1.35. The average molecular weight is 363 g/mol. The lowest BCUT2D eigenvalue weighted by Gasteiger charge is -2.05. The molecule has 3 rings (SSSR count). The highest BCUT2D eigenvalue weighted by atomic mass is 32.1. The standard InChI is InChI=1S/C17H15F2N3O2S/c1-10-14(11-5-7-12(8-6-11)24-16(18)19)20-17(25-10)21-15(23)13-4-3-9-22(13)2/h3-9,16H,1-2H3,(H,20,21,23). The fourth-order valence-electron chi connectivity index (χ4n) is 2.37. The monoisotopic (exact) mass is 363 g/mol. The number of alkyl halides is 2. The number of benzene rings is 1. The molecule has 1 aromatic carbocycles. The molecule has 0 atom stereocenters. The lowest BCUT2D eigenvalue weighted by atomic mass is 10.1. The lowest BCUT2D eigenvalue weighted by molar-refractivity contribution is -0.0498. The molecule has 2 heterocycles. The van der Waals surface area contributed by atoms with Crippen molar-refractivity contribution in [2.75, 3.05) is 5.32 Å². The van der Waals surface area contributed by atoms with Gasteiger partial charge in [0.25, 0.3) is 5.91 Å². The van der Waals surface area contributed by atoms with Crippen LogP contribution in [0, 0.1) is 6.92 Å². The molecule has 130 valence electrons. The maximum absolute atomic E-state index is 12.2. The van der Waals surface area contributed by atoms with Crippen molar-refractivity contribution in [3.8, 4) is 17.0 Å². The predicted molar refractivity (Wildman–Crippen MR) is 92.3 cm³/mol. The number of aromatic nitrogens is 2. The fourth-order valence-corrected chi connectivity index (χ4v) is 3.20. The maximum Gasteiger partial charge on any atom is 0.387 e. The Morgan fingerprint density at radius 2 is 2.00 bits per heavy atom. The first-order chi connectivity index (χ1) is 11.9. The van der Waals surface area contributed by atoms with E-state index in [1.807, 2.05) is 6.92 Å². The summed E-state index contributed by atoms with van der Waals surface area (Å²) in [7, 11) is 1.79. The van der Waals surface area contributed by atoms with Crippen molar-refractivity contribution < 1.29 is 18.3 Å². The molecule has 8 heteroatoms. The smallest absolute Gasteiger partial charge is 0.387 e. The van der Waals surface area contributed by atoms with Crippen LogP contribution in [-0.4, -0.2) is 22.1 Å². The minimum atomic E-state index is -2.86. The zero-order valence-corrected chi connectivity index (χ0v) is 14.3. The molecule has 0 saturated carbocycles. The fraction of sp³-hybridized carbons (Fsp3) is 0.176. The number of hydrogen-bond acceptors (Lipinski definition) is 4. The summed E-state index contributed by atoms with van der Waals surface area (Å²) in [5, 5.41) is 3.26. The highest BCUT2D eigenvalue weighted by Crippen LogP contribution is 2.31. The number of halogens is 2. The number of nitrogens with one attached hydrogen (secondary N) is 1. The second-order valence-corrected chi connectivity index (χ2v) is 6.49. The van der Waals surface area contributed by atoms with Gasteiger partial charge < -0.3 is 9.30 Å². The molecule has 0 aliphatic rings. The third-order valence-electron chi connectivity index (χ3n) is 3.55. The second-order valence-electron chi connectivity index (χ2n) is 5.29. The molecule has 1 N–H and O–H groups in total. The van der Waals surface area contributed by atoms with E-state index < -0.39 is 6.61 Å². The van der Waals surface area contributed by atoms with Crippen molar-refractivity contribution in [3.05, 3.63) is 53.2 Å². The maximum atomic E-state index is 12.2. The molecular weight excluding hydrogens is 348 g/mol. The van der Waals surface area contributed by atoms with Gasteiger partial charge in [0.05, 0.1) is 5.69 Å². The van der Waals surface area contributed by atoms with Crippen molar-refractivity contribution in [1.82, 2.24) is 9.55 Å². The van der Waals surface area contributed by atoms with Gasteiger partial charge in [-0.1, -0.05) is 0 Å². The molecule has 0 unspecified atom stereocenters. The summed E-state index contributed by atoms with van der Waals surface area (Å²) in [5.41, 5.74) is 1.98. The van der Waals surface area contributed by atoms with Crippen molar-refractivity contribution in [3.63, 3.8) is 0 Å². The van der Waals surface area contributed by atoms with Gasteiger partial charge in [0.15, 0.2) is 5.13 Å². The van der Waals surface area contributed by atoms with Crippen LogP contribution >= 0.6 is 11.3 Å². The quantitative estimate of drug-likeness (QED) is 0.735. The van der Waals surface area contributed by atoms with Gasteiger partial charge in [0, 0.05) is 23.7 Å². The van der Waals surface area contributed by atoms with Gasteiger partial charge in [-0.2, -0.15) is 8.78 Å². The molecule has 1 amide bonds. The lowest BCUT2D eigenvalue weighted by Crippen LogP contribution is -2.15. The van der Waals surface area contributed by atoms with E-state index >= 15 is 0 Å². The SMILES string of the molecule is Cc1sc(NC(=O)c2cccn2C)nc1-c1ccc(OC(F)F)cc1. The number of rotatable bonds is 5. The Morgan fingerprint density at radius 1 is 1.28 bits per heavy atom.